The summed E-state index contributed by atoms with van der Waals surface area (Å²) in [6, 6.07) is -0.271. The SMILES string of the molecule is CCC(C)(NC(=O)N(CC(C)C)C(C)C)C(=O)O. The fraction of sp³-hybridized carbons (Fsp3) is 0.846. The molecule has 0 aliphatic rings. The van der Waals surface area contributed by atoms with Gasteiger partial charge in [0.2, 0.25) is 0 Å². The highest BCUT2D eigenvalue weighted by molar-refractivity contribution is 5.85. The number of hydrogen-bond acceptors (Lipinski definition) is 2. The standard InChI is InChI=1S/C13H26N2O3/c1-7-13(6,11(16)17)14-12(18)15(10(4)5)8-9(2)3/h9-10H,7-8H2,1-6H3,(H,14,18)(H,16,17). The number of amides is 2. The Morgan fingerprint density at radius 2 is 1.78 bits per heavy atom. The van der Waals surface area contributed by atoms with E-state index in [1.165, 1.54) is 6.92 Å². The third kappa shape index (κ3) is 4.55. The van der Waals surface area contributed by atoms with Crippen LogP contribution in [-0.2, 0) is 4.79 Å². The number of nitrogens with zero attached hydrogens (tertiary/aromatic N) is 1. The Bertz CT molecular complexity index is 303. The lowest BCUT2D eigenvalue weighted by atomic mass is 9.99. The summed E-state index contributed by atoms with van der Waals surface area (Å²) in [4.78, 5) is 25.0. The molecule has 0 saturated carbocycles. The molecule has 0 spiro atoms. The zero-order chi connectivity index (χ0) is 14.5. The minimum absolute atomic E-state index is 0.0438. The van der Waals surface area contributed by atoms with Gasteiger partial charge in [-0.25, -0.2) is 9.59 Å². The minimum atomic E-state index is -1.21. The Morgan fingerprint density at radius 3 is 2.06 bits per heavy atom. The molecule has 2 amide bonds. The molecule has 5 heteroatoms. The van der Waals surface area contributed by atoms with E-state index in [0.717, 1.165) is 0 Å². The smallest absolute Gasteiger partial charge is 0.329 e. The van der Waals surface area contributed by atoms with E-state index in [-0.39, 0.29) is 12.1 Å². The highest BCUT2D eigenvalue weighted by Gasteiger charge is 2.34. The fourth-order valence-electron chi connectivity index (χ4n) is 1.52. The molecule has 18 heavy (non-hydrogen) atoms. The molecule has 1 unspecified atom stereocenters. The molecule has 0 aromatic rings. The number of hydrogen-bond donors (Lipinski definition) is 2. The van der Waals surface area contributed by atoms with Crippen molar-refractivity contribution in [2.24, 2.45) is 5.92 Å². The van der Waals surface area contributed by atoms with Crippen molar-refractivity contribution in [1.82, 2.24) is 10.2 Å². The van der Waals surface area contributed by atoms with Crippen LogP contribution < -0.4 is 5.32 Å². The van der Waals surface area contributed by atoms with Crippen LogP contribution >= 0.6 is 0 Å². The first-order valence-electron chi connectivity index (χ1n) is 6.46. The number of carboxylic acid groups (broad SMARTS) is 1. The summed E-state index contributed by atoms with van der Waals surface area (Å²) >= 11 is 0. The monoisotopic (exact) mass is 258 g/mol. The Balaban J connectivity index is 4.84. The van der Waals surface area contributed by atoms with Crippen LogP contribution in [0.2, 0.25) is 0 Å². The van der Waals surface area contributed by atoms with E-state index in [2.05, 4.69) is 5.32 Å². The van der Waals surface area contributed by atoms with Gasteiger partial charge in [0, 0.05) is 12.6 Å². The van der Waals surface area contributed by atoms with Crippen LogP contribution in [-0.4, -0.2) is 40.1 Å². The minimum Gasteiger partial charge on any atom is -0.480 e. The molecule has 0 aliphatic heterocycles. The molecule has 0 rings (SSSR count). The van der Waals surface area contributed by atoms with Gasteiger partial charge in [0.05, 0.1) is 0 Å². The zero-order valence-electron chi connectivity index (χ0n) is 12.3. The third-order valence-corrected chi connectivity index (χ3v) is 3.01. The Hall–Kier alpha value is -1.26. The highest BCUT2D eigenvalue weighted by Crippen LogP contribution is 2.12. The summed E-state index contributed by atoms with van der Waals surface area (Å²) < 4.78 is 0. The van der Waals surface area contributed by atoms with Crippen molar-refractivity contribution in [3.05, 3.63) is 0 Å². The molecule has 0 aromatic heterocycles. The van der Waals surface area contributed by atoms with Crippen molar-refractivity contribution in [2.45, 2.75) is 59.5 Å². The molecular formula is C13H26N2O3. The van der Waals surface area contributed by atoms with E-state index in [4.69, 9.17) is 5.11 Å². The van der Waals surface area contributed by atoms with Crippen molar-refractivity contribution < 1.29 is 14.7 Å². The summed E-state index contributed by atoms with van der Waals surface area (Å²) in [5.74, 6) is -0.664. The third-order valence-electron chi connectivity index (χ3n) is 3.01. The number of carbonyl (C=O) groups is 2. The Morgan fingerprint density at radius 1 is 1.28 bits per heavy atom. The maximum atomic E-state index is 12.2. The fourth-order valence-corrected chi connectivity index (χ4v) is 1.52. The Kier molecular flexibility index (Phi) is 6.15. The molecule has 0 heterocycles. The first kappa shape index (κ1) is 16.7. The van der Waals surface area contributed by atoms with Crippen LogP contribution in [0.4, 0.5) is 4.79 Å². The molecule has 1 atom stereocenters. The first-order chi connectivity index (χ1) is 8.14. The number of urea groups is 1. The van der Waals surface area contributed by atoms with Crippen LogP contribution in [0, 0.1) is 5.92 Å². The van der Waals surface area contributed by atoms with E-state index in [9.17, 15) is 9.59 Å². The van der Waals surface area contributed by atoms with Gasteiger partial charge in [0.15, 0.2) is 0 Å². The molecular weight excluding hydrogens is 232 g/mol. The van der Waals surface area contributed by atoms with E-state index in [0.29, 0.717) is 18.9 Å². The molecule has 0 aromatic carbocycles. The molecule has 0 fully saturated rings. The van der Waals surface area contributed by atoms with E-state index in [1.807, 2.05) is 27.7 Å². The predicted octanol–water partition coefficient (Wildman–Crippen LogP) is 2.32. The number of nitrogens with one attached hydrogen (secondary N) is 1. The van der Waals surface area contributed by atoms with Crippen molar-refractivity contribution >= 4 is 12.0 Å². The quantitative estimate of drug-likeness (QED) is 0.768. The van der Waals surface area contributed by atoms with E-state index >= 15 is 0 Å². The van der Waals surface area contributed by atoms with Crippen molar-refractivity contribution in [1.29, 1.82) is 0 Å². The second-order valence-electron chi connectivity index (χ2n) is 5.56. The van der Waals surface area contributed by atoms with Crippen molar-refractivity contribution in [3.63, 3.8) is 0 Å². The second kappa shape index (κ2) is 6.61. The summed E-state index contributed by atoms with van der Waals surface area (Å²) in [5.41, 5.74) is -1.21. The molecule has 106 valence electrons. The van der Waals surface area contributed by atoms with Gasteiger partial charge < -0.3 is 15.3 Å². The van der Waals surface area contributed by atoms with Gasteiger partial charge in [0.25, 0.3) is 0 Å². The van der Waals surface area contributed by atoms with Gasteiger partial charge in [-0.1, -0.05) is 20.8 Å². The summed E-state index contributed by atoms with van der Waals surface area (Å²) in [6.07, 6.45) is 0.349. The van der Waals surface area contributed by atoms with Gasteiger partial charge in [0.1, 0.15) is 5.54 Å². The summed E-state index contributed by atoms with van der Waals surface area (Å²) in [6.45, 7) is 11.8. The van der Waals surface area contributed by atoms with Crippen LogP contribution in [0.25, 0.3) is 0 Å². The average Bonchev–Trinajstić information content (AvgIpc) is 2.24. The summed E-state index contributed by atoms with van der Waals surface area (Å²) in [5, 5.41) is 11.8. The maximum Gasteiger partial charge on any atom is 0.329 e. The molecule has 0 aliphatic carbocycles. The second-order valence-corrected chi connectivity index (χ2v) is 5.56. The Labute approximate surface area is 110 Å². The molecule has 2 N–H and O–H groups in total. The summed E-state index contributed by atoms with van der Waals surface area (Å²) in [7, 11) is 0. The maximum absolute atomic E-state index is 12.2. The molecule has 0 radical (unpaired) electrons. The van der Waals surface area contributed by atoms with E-state index < -0.39 is 11.5 Å². The largest absolute Gasteiger partial charge is 0.480 e. The van der Waals surface area contributed by atoms with Crippen LogP contribution in [0.3, 0.4) is 0 Å². The number of rotatable bonds is 6. The van der Waals surface area contributed by atoms with Gasteiger partial charge in [-0.15, -0.1) is 0 Å². The topological polar surface area (TPSA) is 69.6 Å². The lowest BCUT2D eigenvalue weighted by Gasteiger charge is -2.33. The van der Waals surface area contributed by atoms with Crippen LogP contribution in [0.5, 0.6) is 0 Å². The normalized spacial score (nSPS) is 14.4. The molecule has 5 nitrogen and oxygen atoms in total. The van der Waals surface area contributed by atoms with Crippen LogP contribution in [0.15, 0.2) is 0 Å². The molecule has 0 saturated heterocycles. The van der Waals surface area contributed by atoms with E-state index in [1.54, 1.807) is 11.8 Å². The first-order valence-corrected chi connectivity index (χ1v) is 6.46. The van der Waals surface area contributed by atoms with Crippen LogP contribution in [0.1, 0.15) is 48.0 Å². The highest BCUT2D eigenvalue weighted by atomic mass is 16.4. The zero-order valence-corrected chi connectivity index (χ0v) is 12.3. The number of aliphatic carboxylic acids is 1. The van der Waals surface area contributed by atoms with Crippen molar-refractivity contribution in [3.8, 4) is 0 Å². The lowest BCUT2D eigenvalue weighted by Crippen LogP contribution is -2.57. The van der Waals surface area contributed by atoms with Gasteiger partial charge >= 0.3 is 12.0 Å². The average molecular weight is 258 g/mol. The van der Waals surface area contributed by atoms with Gasteiger partial charge in [-0.05, 0) is 33.1 Å². The molecule has 0 bridgehead atoms. The number of carbonyl (C=O) groups excluding carboxylic acids is 1. The lowest BCUT2D eigenvalue weighted by molar-refractivity contribution is -0.143. The van der Waals surface area contributed by atoms with Crippen molar-refractivity contribution in [2.75, 3.05) is 6.54 Å². The van der Waals surface area contributed by atoms with Gasteiger partial charge in [-0.3, -0.25) is 0 Å². The van der Waals surface area contributed by atoms with Gasteiger partial charge in [-0.2, -0.15) is 0 Å². The predicted molar refractivity (Wildman–Crippen MR) is 71.5 cm³/mol. The number of carboxylic acids is 1.